The molecule has 0 saturated heterocycles. The van der Waals surface area contributed by atoms with E-state index in [1.165, 1.54) is 0 Å². The van der Waals surface area contributed by atoms with Crippen LogP contribution in [-0.4, -0.2) is 29.7 Å². The summed E-state index contributed by atoms with van der Waals surface area (Å²) in [4.78, 5) is 8.60. The number of nitrogens with one attached hydrogen (secondary N) is 1. The number of hydrogen-bond acceptors (Lipinski definition) is 5. The minimum Gasteiger partial charge on any atom is -0.496 e. The smallest absolute Gasteiger partial charge is 0.222 e. The lowest BCUT2D eigenvalue weighted by Gasteiger charge is -2.12. The molecule has 1 aromatic heterocycles. The molecule has 0 aliphatic heterocycles. The maximum Gasteiger partial charge on any atom is 0.222 e. The summed E-state index contributed by atoms with van der Waals surface area (Å²) in [6.07, 6.45) is 3.53. The number of ether oxygens (including phenoxy) is 1. The first-order valence-corrected chi connectivity index (χ1v) is 7.06. The zero-order chi connectivity index (χ0) is 14.5. The number of benzene rings is 1. The summed E-state index contributed by atoms with van der Waals surface area (Å²) < 4.78 is 6.34. The highest BCUT2D eigenvalue weighted by Crippen LogP contribution is 2.31. The molecule has 0 fully saturated rings. The first kappa shape index (κ1) is 14.7. The zero-order valence-electron chi connectivity index (χ0n) is 11.4. The van der Waals surface area contributed by atoms with Gasteiger partial charge in [0.25, 0.3) is 0 Å². The molecular formula is C14H17BrN4O. The van der Waals surface area contributed by atoms with Gasteiger partial charge >= 0.3 is 0 Å². The second kappa shape index (κ2) is 6.67. The van der Waals surface area contributed by atoms with E-state index < -0.39 is 0 Å². The first-order valence-electron chi connectivity index (χ1n) is 6.26. The van der Waals surface area contributed by atoms with Crippen molar-refractivity contribution in [3.05, 3.63) is 35.1 Å². The van der Waals surface area contributed by atoms with Gasteiger partial charge in [-0.15, -0.1) is 0 Å². The van der Waals surface area contributed by atoms with Gasteiger partial charge in [0.2, 0.25) is 5.95 Å². The Morgan fingerprint density at radius 2 is 2.05 bits per heavy atom. The maximum absolute atomic E-state index is 5.56. The van der Waals surface area contributed by atoms with Crippen molar-refractivity contribution in [3.63, 3.8) is 0 Å². The summed E-state index contributed by atoms with van der Waals surface area (Å²) in [6.45, 7) is 2.51. The molecule has 0 spiro atoms. The van der Waals surface area contributed by atoms with Crippen LogP contribution in [0.15, 0.2) is 35.1 Å². The van der Waals surface area contributed by atoms with Crippen LogP contribution >= 0.6 is 15.9 Å². The average Bonchev–Trinajstić information content (AvgIpc) is 2.48. The van der Waals surface area contributed by atoms with Crippen molar-refractivity contribution >= 4 is 21.9 Å². The van der Waals surface area contributed by atoms with Crippen LogP contribution in [-0.2, 0) is 0 Å². The fourth-order valence-electron chi connectivity index (χ4n) is 1.73. The fraction of sp³-hybridized carbons (Fsp3) is 0.286. The highest BCUT2D eigenvalue weighted by Gasteiger charge is 2.08. The standard InChI is InChI=1S/C14H17BrN4O/c1-9(6-16)19-14-17-7-10(8-18-14)12-5-11(15)3-4-13(12)20-2/h3-5,7-9H,6,16H2,1-2H3,(H,17,18,19). The SMILES string of the molecule is COc1ccc(Br)cc1-c1cnc(NC(C)CN)nc1. The highest BCUT2D eigenvalue weighted by molar-refractivity contribution is 9.10. The van der Waals surface area contributed by atoms with Gasteiger partial charge in [-0.25, -0.2) is 9.97 Å². The Labute approximate surface area is 126 Å². The molecule has 0 bridgehead atoms. The number of rotatable bonds is 5. The van der Waals surface area contributed by atoms with E-state index in [4.69, 9.17) is 10.5 Å². The fourth-order valence-corrected chi connectivity index (χ4v) is 2.09. The zero-order valence-corrected chi connectivity index (χ0v) is 13.0. The van der Waals surface area contributed by atoms with Crippen molar-refractivity contribution in [1.82, 2.24) is 9.97 Å². The predicted octanol–water partition coefficient (Wildman–Crippen LogP) is 2.67. The van der Waals surface area contributed by atoms with E-state index in [2.05, 4.69) is 31.2 Å². The van der Waals surface area contributed by atoms with Gasteiger partial charge in [0.15, 0.2) is 0 Å². The molecule has 1 aromatic carbocycles. The Morgan fingerprint density at radius 3 is 2.65 bits per heavy atom. The minimum atomic E-state index is 0.140. The van der Waals surface area contributed by atoms with Gasteiger partial charge in [-0.05, 0) is 25.1 Å². The van der Waals surface area contributed by atoms with Crippen molar-refractivity contribution in [2.45, 2.75) is 13.0 Å². The Balaban J connectivity index is 2.28. The summed E-state index contributed by atoms with van der Waals surface area (Å²) in [5.41, 5.74) is 7.40. The molecule has 0 amide bonds. The van der Waals surface area contributed by atoms with Crippen molar-refractivity contribution in [2.24, 2.45) is 5.73 Å². The summed E-state index contributed by atoms with van der Waals surface area (Å²) in [7, 11) is 1.65. The van der Waals surface area contributed by atoms with Crippen LogP contribution in [0, 0.1) is 0 Å². The van der Waals surface area contributed by atoms with E-state index in [1.807, 2.05) is 25.1 Å². The quantitative estimate of drug-likeness (QED) is 0.878. The van der Waals surface area contributed by atoms with Crippen LogP contribution in [0.4, 0.5) is 5.95 Å². The lowest BCUT2D eigenvalue weighted by Crippen LogP contribution is -2.26. The minimum absolute atomic E-state index is 0.140. The van der Waals surface area contributed by atoms with Crippen LogP contribution in [0.3, 0.4) is 0 Å². The molecular weight excluding hydrogens is 320 g/mol. The summed E-state index contributed by atoms with van der Waals surface area (Å²) >= 11 is 3.46. The van der Waals surface area contributed by atoms with Crippen LogP contribution in [0.1, 0.15) is 6.92 Å². The molecule has 0 aliphatic rings. The number of aromatic nitrogens is 2. The van der Waals surface area contributed by atoms with E-state index in [0.29, 0.717) is 12.5 Å². The van der Waals surface area contributed by atoms with E-state index >= 15 is 0 Å². The monoisotopic (exact) mass is 336 g/mol. The lowest BCUT2D eigenvalue weighted by molar-refractivity contribution is 0.416. The second-order valence-electron chi connectivity index (χ2n) is 4.42. The molecule has 6 heteroatoms. The van der Waals surface area contributed by atoms with Gasteiger partial charge in [-0.3, -0.25) is 0 Å². The molecule has 0 aliphatic carbocycles. The maximum atomic E-state index is 5.56. The normalized spacial score (nSPS) is 12.0. The largest absolute Gasteiger partial charge is 0.496 e. The van der Waals surface area contributed by atoms with E-state index in [9.17, 15) is 0 Å². The van der Waals surface area contributed by atoms with Crippen LogP contribution in [0.2, 0.25) is 0 Å². The molecule has 0 radical (unpaired) electrons. The third kappa shape index (κ3) is 3.46. The molecule has 2 rings (SSSR count). The van der Waals surface area contributed by atoms with Crippen LogP contribution in [0.5, 0.6) is 5.75 Å². The molecule has 5 nitrogen and oxygen atoms in total. The first-order chi connectivity index (χ1) is 9.63. The Bertz CT molecular complexity index is 574. The van der Waals surface area contributed by atoms with Gasteiger partial charge in [-0.1, -0.05) is 15.9 Å². The van der Waals surface area contributed by atoms with Crippen molar-refractivity contribution < 1.29 is 4.74 Å². The van der Waals surface area contributed by atoms with E-state index in [1.54, 1.807) is 19.5 Å². The molecule has 20 heavy (non-hydrogen) atoms. The third-order valence-corrected chi connectivity index (χ3v) is 3.35. The Kier molecular flexibility index (Phi) is 4.92. The van der Waals surface area contributed by atoms with Crippen molar-refractivity contribution in [2.75, 3.05) is 19.0 Å². The van der Waals surface area contributed by atoms with E-state index in [-0.39, 0.29) is 6.04 Å². The van der Waals surface area contributed by atoms with Gasteiger partial charge < -0.3 is 15.8 Å². The summed E-state index contributed by atoms with van der Waals surface area (Å²) in [5.74, 6) is 1.36. The van der Waals surface area contributed by atoms with Crippen LogP contribution in [0.25, 0.3) is 11.1 Å². The third-order valence-electron chi connectivity index (χ3n) is 2.85. The van der Waals surface area contributed by atoms with Crippen molar-refractivity contribution in [1.29, 1.82) is 0 Å². The van der Waals surface area contributed by atoms with Gasteiger partial charge in [0.1, 0.15) is 5.75 Å². The summed E-state index contributed by atoms with van der Waals surface area (Å²) in [5, 5.41) is 3.12. The summed E-state index contributed by atoms with van der Waals surface area (Å²) in [6, 6.07) is 5.96. The number of hydrogen-bond donors (Lipinski definition) is 2. The van der Waals surface area contributed by atoms with Gasteiger partial charge in [0.05, 0.1) is 7.11 Å². The number of methoxy groups -OCH3 is 1. The molecule has 106 valence electrons. The molecule has 0 saturated carbocycles. The van der Waals surface area contributed by atoms with Gasteiger partial charge in [0, 0.05) is 40.6 Å². The topological polar surface area (TPSA) is 73.1 Å². The van der Waals surface area contributed by atoms with Crippen LogP contribution < -0.4 is 15.8 Å². The van der Waals surface area contributed by atoms with Gasteiger partial charge in [-0.2, -0.15) is 0 Å². The molecule has 2 aromatic rings. The average molecular weight is 337 g/mol. The Morgan fingerprint density at radius 1 is 1.35 bits per heavy atom. The highest BCUT2D eigenvalue weighted by atomic mass is 79.9. The molecule has 1 unspecified atom stereocenters. The predicted molar refractivity (Wildman–Crippen MR) is 83.9 cm³/mol. The number of nitrogens with two attached hydrogens (primary N) is 1. The number of anilines is 1. The second-order valence-corrected chi connectivity index (χ2v) is 5.34. The molecule has 1 heterocycles. The lowest BCUT2D eigenvalue weighted by atomic mass is 10.1. The number of halogens is 1. The van der Waals surface area contributed by atoms with E-state index in [0.717, 1.165) is 21.3 Å². The molecule has 3 N–H and O–H groups in total. The number of nitrogens with zero attached hydrogens (tertiary/aromatic N) is 2. The molecule has 1 atom stereocenters. The Hall–Kier alpha value is -1.66. The van der Waals surface area contributed by atoms with Crippen molar-refractivity contribution in [3.8, 4) is 16.9 Å².